The van der Waals surface area contributed by atoms with Crippen LogP contribution in [0.4, 0.5) is 0 Å². The van der Waals surface area contributed by atoms with Crippen molar-refractivity contribution in [1.82, 2.24) is 10.2 Å². The number of aromatic nitrogens is 2. The van der Waals surface area contributed by atoms with Crippen LogP contribution in [0, 0.1) is 0 Å². The summed E-state index contributed by atoms with van der Waals surface area (Å²) in [5, 5.41) is 6.31. The molecule has 0 aliphatic heterocycles. The lowest BCUT2D eigenvalue weighted by atomic mass is 10.8. The highest BCUT2D eigenvalue weighted by atomic mass is 15.1. The van der Waals surface area contributed by atoms with Crippen LogP contribution in [0.2, 0.25) is 0 Å². The van der Waals surface area contributed by atoms with Crippen LogP contribution in [0.1, 0.15) is 4.11 Å². The molecular formula is C3H3N2-. The molecule has 0 fully saturated rings. The summed E-state index contributed by atoms with van der Waals surface area (Å²) < 4.78 is 20.3. The molecule has 2 nitrogen and oxygen atoms in total. The van der Waals surface area contributed by atoms with E-state index in [0.717, 1.165) is 0 Å². The molecule has 0 N–H and O–H groups in total. The van der Waals surface area contributed by atoms with Crippen molar-refractivity contribution in [3.05, 3.63) is 18.4 Å². The van der Waals surface area contributed by atoms with Crippen molar-refractivity contribution < 1.29 is 4.11 Å². The molecule has 0 unspecified atom stereocenters. The van der Waals surface area contributed by atoms with E-state index in [-0.39, 0.29) is 18.4 Å². The third-order valence-corrected chi connectivity index (χ3v) is 0.262. The van der Waals surface area contributed by atoms with Gasteiger partial charge in [-0.3, -0.25) is 0 Å². The Morgan fingerprint density at radius 2 is 3.00 bits per heavy atom. The zero-order chi connectivity index (χ0) is 6.15. The van der Waals surface area contributed by atoms with E-state index < -0.39 is 0 Å². The van der Waals surface area contributed by atoms with Crippen LogP contribution in [0.25, 0.3) is 0 Å². The van der Waals surface area contributed by atoms with Crippen molar-refractivity contribution in [2.24, 2.45) is 0 Å². The zero-order valence-corrected chi connectivity index (χ0v) is 2.39. The molecule has 0 atom stereocenters. The van der Waals surface area contributed by atoms with Crippen LogP contribution >= 0.6 is 0 Å². The lowest BCUT2D eigenvalue weighted by molar-refractivity contribution is 1.06. The van der Waals surface area contributed by atoms with Gasteiger partial charge in [-0.1, -0.05) is 6.04 Å². The molecule has 0 aromatic carbocycles. The smallest absolute Gasteiger partial charge is 0.0819 e. The van der Waals surface area contributed by atoms with E-state index in [0.29, 0.717) is 0 Å². The highest BCUT2D eigenvalue weighted by Gasteiger charge is 1.43. The summed E-state index contributed by atoms with van der Waals surface area (Å²) in [5.74, 6) is 0. The van der Waals surface area contributed by atoms with Gasteiger partial charge in [0.2, 0.25) is 0 Å². The molecule has 1 rings (SSSR count). The first-order valence-electron chi connectivity index (χ1n) is 2.65. The monoisotopic (exact) mass is 70.0 g/mol. The van der Waals surface area contributed by atoms with E-state index in [9.17, 15) is 0 Å². The normalized spacial score (nSPS) is 16.4. The molecule has 1 aromatic heterocycles. The Kier molecular flexibility index (Phi) is 0.148. The van der Waals surface area contributed by atoms with Crippen LogP contribution in [0.3, 0.4) is 0 Å². The molecule has 0 bridgehead atoms. The van der Waals surface area contributed by atoms with Crippen LogP contribution < -0.4 is 5.10 Å². The van der Waals surface area contributed by atoms with Gasteiger partial charge in [-0.15, -0.1) is 0 Å². The Hall–Kier alpha value is -0.790. The molecule has 1 aromatic rings. The van der Waals surface area contributed by atoms with Crippen LogP contribution in [-0.2, 0) is 0 Å². The number of hydrogen-bond acceptors (Lipinski definition) is 1. The lowest BCUT2D eigenvalue weighted by Gasteiger charge is -1.72. The Morgan fingerprint density at radius 3 is 3.20 bits per heavy atom. The van der Waals surface area contributed by atoms with Gasteiger partial charge in [-0.25, -0.2) is 0 Å². The summed E-state index contributed by atoms with van der Waals surface area (Å²) in [5.41, 5.74) is 0. The van der Waals surface area contributed by atoms with E-state index in [4.69, 9.17) is 4.11 Å². The number of rotatable bonds is 0. The standard InChI is InChI=1S/C3H3N2/c1-2-4-5-3-1/h1-3H/q-1/i1D,2D,3D. The minimum atomic E-state index is -0.227. The van der Waals surface area contributed by atoms with Gasteiger partial charge in [0.15, 0.2) is 0 Å². The average Bonchev–Trinajstić information content (AvgIpc) is 1.98. The Balaban J connectivity index is 3.19. The summed E-state index contributed by atoms with van der Waals surface area (Å²) in [4.78, 5) is 0. The quantitative estimate of drug-likeness (QED) is 0.431. The first kappa shape index (κ1) is 0.834. The van der Waals surface area contributed by atoms with Crippen molar-refractivity contribution in [2.75, 3.05) is 0 Å². The summed E-state index contributed by atoms with van der Waals surface area (Å²) in [7, 11) is 0. The number of hydrogen-bond donors (Lipinski definition) is 0. The van der Waals surface area contributed by atoms with Gasteiger partial charge in [0.25, 0.3) is 0 Å². The van der Waals surface area contributed by atoms with Crippen molar-refractivity contribution in [3.63, 3.8) is 0 Å². The molecule has 2 heteroatoms. The minimum Gasteiger partial charge on any atom is -0.582 e. The first-order chi connectivity index (χ1) is 3.72. The maximum Gasteiger partial charge on any atom is 0.0819 e. The fraction of sp³-hybridized carbons (Fsp3) is 0. The van der Waals surface area contributed by atoms with E-state index in [1.807, 2.05) is 0 Å². The van der Waals surface area contributed by atoms with Gasteiger partial charge in [0.1, 0.15) is 0 Å². The van der Waals surface area contributed by atoms with E-state index in [1.165, 1.54) is 0 Å². The molecular weight excluding hydrogens is 64.0 g/mol. The minimum absolute atomic E-state index is 0.204. The van der Waals surface area contributed by atoms with Gasteiger partial charge >= 0.3 is 0 Å². The maximum atomic E-state index is 6.82. The second-order valence-corrected chi connectivity index (χ2v) is 0.549. The molecule has 0 aliphatic carbocycles. The van der Waals surface area contributed by atoms with Crippen molar-refractivity contribution in [2.45, 2.75) is 0 Å². The third kappa shape index (κ3) is 0.265. The lowest BCUT2D eigenvalue weighted by Crippen LogP contribution is -1.60. The Morgan fingerprint density at radius 1 is 2.00 bits per heavy atom. The largest absolute Gasteiger partial charge is 0.582 e. The van der Waals surface area contributed by atoms with E-state index >= 15 is 0 Å². The van der Waals surface area contributed by atoms with Crippen LogP contribution in [0.5, 0.6) is 0 Å². The van der Waals surface area contributed by atoms with Crippen LogP contribution in [0.15, 0.2) is 18.4 Å². The predicted molar refractivity (Wildman–Crippen MR) is 17.6 cm³/mol. The summed E-state index contributed by atoms with van der Waals surface area (Å²) in [6.07, 6.45) is -0.454. The fourth-order valence-corrected chi connectivity index (χ4v) is 0.125. The summed E-state index contributed by atoms with van der Waals surface area (Å²) >= 11 is 0. The molecule has 5 heavy (non-hydrogen) atoms. The van der Waals surface area contributed by atoms with E-state index in [2.05, 4.69) is 10.2 Å². The van der Waals surface area contributed by atoms with Gasteiger partial charge in [0, 0.05) is 7.54 Å². The van der Waals surface area contributed by atoms with Crippen molar-refractivity contribution in [3.8, 4) is 0 Å². The predicted octanol–water partition coefficient (Wildman–Crippen LogP) is 0.0388. The summed E-state index contributed by atoms with van der Waals surface area (Å²) in [6.45, 7) is 0. The molecule has 0 spiro atoms. The number of nitrogens with zero attached hydrogens (tertiary/aromatic N) is 2. The molecule has 26 valence electrons. The van der Waals surface area contributed by atoms with Gasteiger partial charge in [0.05, 0.1) is 2.74 Å². The third-order valence-electron chi connectivity index (χ3n) is 0.262. The van der Waals surface area contributed by atoms with Crippen LogP contribution in [-0.4, -0.2) is 5.10 Å². The molecule has 0 saturated heterocycles. The van der Waals surface area contributed by atoms with E-state index in [1.54, 1.807) is 0 Å². The van der Waals surface area contributed by atoms with Gasteiger partial charge in [-0.05, 0) is 0 Å². The second-order valence-electron chi connectivity index (χ2n) is 0.549. The fourth-order valence-electron chi connectivity index (χ4n) is 0.125. The molecule has 0 radical (unpaired) electrons. The summed E-state index contributed by atoms with van der Waals surface area (Å²) in [6, 6.07) is -0.204. The van der Waals surface area contributed by atoms with Gasteiger partial charge in [-0.2, -0.15) is 6.17 Å². The van der Waals surface area contributed by atoms with Crippen molar-refractivity contribution >= 4 is 0 Å². The zero-order valence-electron chi connectivity index (χ0n) is 5.39. The van der Waals surface area contributed by atoms with Gasteiger partial charge < -0.3 is 10.2 Å². The SMILES string of the molecule is [2H]c1n[n-]c([2H])c1[2H]. The molecule has 1 heterocycles. The molecule has 0 aliphatic rings. The first-order valence-corrected chi connectivity index (χ1v) is 1.15. The molecule has 0 saturated carbocycles. The van der Waals surface area contributed by atoms with Crippen molar-refractivity contribution in [1.29, 1.82) is 0 Å². The highest BCUT2D eigenvalue weighted by Crippen LogP contribution is 1.62. The average molecular weight is 70.1 g/mol. The highest BCUT2D eigenvalue weighted by molar-refractivity contribution is 4.72. The Labute approximate surface area is 34.0 Å². The maximum absolute atomic E-state index is 6.82. The second kappa shape index (κ2) is 0.885. The molecule has 0 amide bonds. The Bertz CT molecular complexity index is 175. The topological polar surface area (TPSA) is 27.0 Å².